The summed E-state index contributed by atoms with van der Waals surface area (Å²) < 4.78 is 13.0. The summed E-state index contributed by atoms with van der Waals surface area (Å²) >= 11 is 0. The van der Waals surface area contributed by atoms with Crippen LogP contribution in [0, 0.1) is 5.82 Å². The highest BCUT2D eigenvalue weighted by molar-refractivity contribution is 5.63. The lowest BCUT2D eigenvalue weighted by molar-refractivity contribution is 0.627. The van der Waals surface area contributed by atoms with Crippen molar-refractivity contribution in [1.82, 2.24) is 4.98 Å². The smallest absolute Gasteiger partial charge is 0.137 e. The number of aromatic nitrogens is 1. The average Bonchev–Trinajstić information content (AvgIpc) is 2.42. The molecule has 1 aromatic heterocycles. The molecule has 2 aromatic rings. The van der Waals surface area contributed by atoms with E-state index in [2.05, 4.69) is 4.98 Å². The largest absolute Gasteiger partial charge is 0.326 e. The third-order valence-corrected chi connectivity index (χ3v) is 3.02. The molecule has 1 atom stereocenters. The van der Waals surface area contributed by atoms with Gasteiger partial charge in [0.1, 0.15) is 11.6 Å². The first-order valence-electron chi connectivity index (χ1n) is 6.37. The number of anilines is 2. The van der Waals surface area contributed by atoms with Gasteiger partial charge in [0, 0.05) is 30.0 Å². The van der Waals surface area contributed by atoms with Gasteiger partial charge in [0.25, 0.3) is 0 Å². The Hall–Kier alpha value is -1.94. The zero-order valence-electron chi connectivity index (χ0n) is 11.2. The standard InChI is InChI=1S/C15H18FN3/c1-3-19(13-8-6-12(16)7-9-13)15-14(11(2)17)5-4-10-18-15/h4-11H,3,17H2,1-2H3. The highest BCUT2D eigenvalue weighted by atomic mass is 19.1. The molecule has 0 aliphatic heterocycles. The van der Waals surface area contributed by atoms with Gasteiger partial charge in [-0.3, -0.25) is 0 Å². The fourth-order valence-corrected chi connectivity index (χ4v) is 2.07. The molecule has 4 heteroatoms. The molecule has 100 valence electrons. The molecule has 0 bridgehead atoms. The Kier molecular flexibility index (Phi) is 4.12. The number of halogens is 1. The van der Waals surface area contributed by atoms with Crippen LogP contribution in [-0.4, -0.2) is 11.5 Å². The van der Waals surface area contributed by atoms with E-state index < -0.39 is 0 Å². The van der Waals surface area contributed by atoms with Gasteiger partial charge in [-0.2, -0.15) is 0 Å². The second-order valence-corrected chi connectivity index (χ2v) is 4.43. The van der Waals surface area contributed by atoms with Gasteiger partial charge in [-0.1, -0.05) is 6.07 Å². The minimum Gasteiger partial charge on any atom is -0.326 e. The Bertz CT molecular complexity index is 537. The molecule has 1 unspecified atom stereocenters. The van der Waals surface area contributed by atoms with Crippen LogP contribution in [0.15, 0.2) is 42.6 Å². The van der Waals surface area contributed by atoms with Gasteiger partial charge in [0.15, 0.2) is 0 Å². The summed E-state index contributed by atoms with van der Waals surface area (Å²) in [5.41, 5.74) is 7.87. The number of nitrogens with two attached hydrogens (primary N) is 1. The maximum atomic E-state index is 13.0. The normalized spacial score (nSPS) is 12.2. The van der Waals surface area contributed by atoms with E-state index in [0.717, 1.165) is 23.6 Å². The average molecular weight is 259 g/mol. The van der Waals surface area contributed by atoms with E-state index in [1.807, 2.05) is 30.9 Å². The molecule has 2 N–H and O–H groups in total. The van der Waals surface area contributed by atoms with Crippen molar-refractivity contribution in [3.8, 4) is 0 Å². The minimum atomic E-state index is -0.242. The maximum Gasteiger partial charge on any atom is 0.137 e. The molecule has 0 fully saturated rings. The van der Waals surface area contributed by atoms with Crippen LogP contribution in [0.3, 0.4) is 0 Å². The van der Waals surface area contributed by atoms with Crippen LogP contribution in [0.5, 0.6) is 0 Å². The first kappa shape index (κ1) is 13.5. The number of nitrogens with zero attached hydrogens (tertiary/aromatic N) is 2. The van der Waals surface area contributed by atoms with Gasteiger partial charge < -0.3 is 10.6 Å². The SMILES string of the molecule is CCN(c1ccc(F)cc1)c1ncccc1C(C)N. The molecule has 1 heterocycles. The van der Waals surface area contributed by atoms with Crippen LogP contribution >= 0.6 is 0 Å². The molecule has 19 heavy (non-hydrogen) atoms. The van der Waals surface area contributed by atoms with E-state index in [-0.39, 0.29) is 11.9 Å². The molecule has 0 spiro atoms. The molecular formula is C15H18FN3. The van der Waals surface area contributed by atoms with Crippen molar-refractivity contribution in [2.24, 2.45) is 5.73 Å². The summed E-state index contributed by atoms with van der Waals surface area (Å²) in [6, 6.07) is 10.1. The van der Waals surface area contributed by atoms with Gasteiger partial charge in [-0.25, -0.2) is 9.37 Å². The Morgan fingerprint density at radius 1 is 1.26 bits per heavy atom. The molecular weight excluding hydrogens is 241 g/mol. The molecule has 0 amide bonds. The number of pyridine rings is 1. The van der Waals surface area contributed by atoms with Gasteiger partial charge in [-0.15, -0.1) is 0 Å². The van der Waals surface area contributed by atoms with Gasteiger partial charge in [0.05, 0.1) is 0 Å². The summed E-state index contributed by atoms with van der Waals surface area (Å²) in [6.45, 7) is 4.70. The van der Waals surface area contributed by atoms with Crippen molar-refractivity contribution >= 4 is 11.5 Å². The van der Waals surface area contributed by atoms with Crippen molar-refractivity contribution in [3.63, 3.8) is 0 Å². The molecule has 1 aromatic carbocycles. The van der Waals surface area contributed by atoms with Crippen LogP contribution < -0.4 is 10.6 Å². The molecule has 0 saturated carbocycles. The molecule has 0 radical (unpaired) electrons. The number of rotatable bonds is 4. The Labute approximate surface area is 112 Å². The number of benzene rings is 1. The Balaban J connectivity index is 2.45. The monoisotopic (exact) mass is 259 g/mol. The van der Waals surface area contributed by atoms with E-state index in [1.54, 1.807) is 18.3 Å². The third kappa shape index (κ3) is 2.90. The minimum absolute atomic E-state index is 0.0989. The van der Waals surface area contributed by atoms with Crippen molar-refractivity contribution in [1.29, 1.82) is 0 Å². The van der Waals surface area contributed by atoms with Crippen LogP contribution in [0.1, 0.15) is 25.5 Å². The van der Waals surface area contributed by atoms with E-state index in [1.165, 1.54) is 12.1 Å². The number of hydrogen-bond donors (Lipinski definition) is 1. The first-order chi connectivity index (χ1) is 9.13. The van der Waals surface area contributed by atoms with E-state index >= 15 is 0 Å². The summed E-state index contributed by atoms with van der Waals surface area (Å²) in [5.74, 6) is 0.583. The fraction of sp³-hybridized carbons (Fsp3) is 0.267. The van der Waals surface area contributed by atoms with E-state index in [4.69, 9.17) is 5.73 Å². The van der Waals surface area contributed by atoms with Gasteiger partial charge >= 0.3 is 0 Å². The highest BCUT2D eigenvalue weighted by Crippen LogP contribution is 2.29. The highest BCUT2D eigenvalue weighted by Gasteiger charge is 2.15. The van der Waals surface area contributed by atoms with Crippen LogP contribution in [0.25, 0.3) is 0 Å². The zero-order chi connectivity index (χ0) is 13.8. The van der Waals surface area contributed by atoms with Crippen LogP contribution in [0.4, 0.5) is 15.9 Å². The van der Waals surface area contributed by atoms with Crippen molar-refractivity contribution in [3.05, 3.63) is 54.0 Å². The van der Waals surface area contributed by atoms with Crippen LogP contribution in [-0.2, 0) is 0 Å². The predicted octanol–water partition coefficient (Wildman–Crippen LogP) is 3.40. The molecule has 0 saturated heterocycles. The maximum absolute atomic E-state index is 13.0. The lowest BCUT2D eigenvalue weighted by Crippen LogP contribution is -2.21. The second kappa shape index (κ2) is 5.80. The Morgan fingerprint density at radius 3 is 2.53 bits per heavy atom. The zero-order valence-corrected chi connectivity index (χ0v) is 11.2. The molecule has 3 nitrogen and oxygen atoms in total. The summed E-state index contributed by atoms with van der Waals surface area (Å²) in [5, 5.41) is 0. The molecule has 0 aliphatic rings. The quantitative estimate of drug-likeness (QED) is 0.915. The van der Waals surface area contributed by atoms with Crippen LogP contribution in [0.2, 0.25) is 0 Å². The summed E-state index contributed by atoms with van der Waals surface area (Å²) in [4.78, 5) is 6.45. The fourth-order valence-electron chi connectivity index (χ4n) is 2.07. The molecule has 0 aliphatic carbocycles. The van der Waals surface area contributed by atoms with E-state index in [0.29, 0.717) is 0 Å². The summed E-state index contributed by atoms with van der Waals surface area (Å²) in [7, 11) is 0. The van der Waals surface area contributed by atoms with Crippen molar-refractivity contribution in [2.75, 3.05) is 11.4 Å². The first-order valence-corrected chi connectivity index (χ1v) is 6.37. The van der Waals surface area contributed by atoms with E-state index in [9.17, 15) is 4.39 Å². The van der Waals surface area contributed by atoms with Gasteiger partial charge in [-0.05, 0) is 44.2 Å². The van der Waals surface area contributed by atoms with Crippen molar-refractivity contribution < 1.29 is 4.39 Å². The number of hydrogen-bond acceptors (Lipinski definition) is 3. The van der Waals surface area contributed by atoms with Crippen molar-refractivity contribution in [2.45, 2.75) is 19.9 Å². The molecule has 2 rings (SSSR count). The second-order valence-electron chi connectivity index (χ2n) is 4.43. The predicted molar refractivity (Wildman–Crippen MR) is 75.9 cm³/mol. The topological polar surface area (TPSA) is 42.2 Å². The van der Waals surface area contributed by atoms with Gasteiger partial charge in [0.2, 0.25) is 0 Å². The third-order valence-electron chi connectivity index (χ3n) is 3.02. The lowest BCUT2D eigenvalue weighted by atomic mass is 10.1. The Morgan fingerprint density at radius 2 is 1.95 bits per heavy atom. The lowest BCUT2D eigenvalue weighted by Gasteiger charge is -2.25. The summed E-state index contributed by atoms with van der Waals surface area (Å²) in [6.07, 6.45) is 1.74.